The van der Waals surface area contributed by atoms with Gasteiger partial charge in [0.2, 0.25) is 5.91 Å². The van der Waals surface area contributed by atoms with Crippen molar-refractivity contribution in [2.75, 3.05) is 26.2 Å². The van der Waals surface area contributed by atoms with Crippen molar-refractivity contribution in [3.8, 4) is 0 Å². The highest BCUT2D eigenvalue weighted by Gasteiger charge is 2.23. The Labute approximate surface area is 170 Å². The van der Waals surface area contributed by atoms with Crippen molar-refractivity contribution in [3.05, 3.63) is 23.2 Å². The Kier molecular flexibility index (Phi) is 10.3. The van der Waals surface area contributed by atoms with E-state index in [1.165, 1.54) is 0 Å². The number of carbonyl (C=O) groups is 2. The van der Waals surface area contributed by atoms with Crippen LogP contribution in [0.2, 0.25) is 0 Å². The number of nitrogens with one attached hydrogen (secondary N) is 1. The maximum Gasteiger partial charge on any atom is 0.257 e. The minimum atomic E-state index is -0.0792. The van der Waals surface area contributed by atoms with Crippen LogP contribution >= 0.6 is 0 Å². The molecule has 0 aliphatic rings. The predicted octanol–water partition coefficient (Wildman–Crippen LogP) is 3.76. The van der Waals surface area contributed by atoms with Gasteiger partial charge < -0.3 is 19.5 Å². The Hall–Kier alpha value is -1.82. The zero-order valence-electron chi connectivity index (χ0n) is 18.8. The van der Waals surface area contributed by atoms with E-state index >= 15 is 0 Å². The van der Waals surface area contributed by atoms with E-state index in [4.69, 9.17) is 4.42 Å². The Morgan fingerprint density at radius 3 is 2.25 bits per heavy atom. The van der Waals surface area contributed by atoms with Gasteiger partial charge in [0.1, 0.15) is 11.5 Å². The summed E-state index contributed by atoms with van der Waals surface area (Å²) in [4.78, 5) is 29.3. The molecule has 0 radical (unpaired) electrons. The summed E-state index contributed by atoms with van der Waals surface area (Å²) >= 11 is 0. The number of hydrogen-bond donors (Lipinski definition) is 1. The minimum absolute atomic E-state index is 0.00566. The van der Waals surface area contributed by atoms with Gasteiger partial charge in [-0.2, -0.15) is 0 Å². The van der Waals surface area contributed by atoms with Gasteiger partial charge in [-0.25, -0.2) is 0 Å². The number of carbonyl (C=O) groups excluding carboxylic acids is 2. The maximum absolute atomic E-state index is 12.8. The van der Waals surface area contributed by atoms with Crippen molar-refractivity contribution in [2.45, 2.75) is 79.8 Å². The lowest BCUT2D eigenvalue weighted by molar-refractivity contribution is -0.122. The molecule has 1 unspecified atom stereocenters. The number of nitrogens with zero attached hydrogens (tertiary/aromatic N) is 2. The predicted molar refractivity (Wildman–Crippen MR) is 114 cm³/mol. The molecule has 0 aromatic carbocycles. The first-order valence-corrected chi connectivity index (χ1v) is 10.6. The summed E-state index contributed by atoms with van der Waals surface area (Å²) in [5.41, 5.74) is 0.580. The quantitative estimate of drug-likeness (QED) is 0.587. The smallest absolute Gasteiger partial charge is 0.257 e. The van der Waals surface area contributed by atoms with E-state index in [-0.39, 0.29) is 23.9 Å². The monoisotopic (exact) mass is 393 g/mol. The van der Waals surface area contributed by atoms with Crippen LogP contribution in [0.25, 0.3) is 0 Å². The van der Waals surface area contributed by atoms with E-state index in [1.54, 1.807) is 17.9 Å². The second-order valence-corrected chi connectivity index (χ2v) is 7.81. The minimum Gasteiger partial charge on any atom is -0.466 e. The maximum atomic E-state index is 12.8. The molecule has 0 spiro atoms. The Morgan fingerprint density at radius 2 is 1.75 bits per heavy atom. The fourth-order valence-corrected chi connectivity index (χ4v) is 3.39. The Morgan fingerprint density at radius 1 is 1.11 bits per heavy atom. The van der Waals surface area contributed by atoms with Crippen LogP contribution < -0.4 is 5.32 Å². The average Bonchev–Trinajstić information content (AvgIpc) is 2.96. The van der Waals surface area contributed by atoms with E-state index in [9.17, 15) is 9.59 Å². The van der Waals surface area contributed by atoms with E-state index in [2.05, 4.69) is 24.1 Å². The van der Waals surface area contributed by atoms with Gasteiger partial charge in [0.25, 0.3) is 5.91 Å². The van der Waals surface area contributed by atoms with Crippen LogP contribution in [0.1, 0.15) is 75.8 Å². The number of amides is 2. The fourth-order valence-electron chi connectivity index (χ4n) is 3.39. The van der Waals surface area contributed by atoms with Gasteiger partial charge in [-0.3, -0.25) is 9.59 Å². The Bertz CT molecular complexity index is 621. The zero-order valence-corrected chi connectivity index (χ0v) is 18.8. The summed E-state index contributed by atoms with van der Waals surface area (Å²) in [6.07, 6.45) is 2.33. The van der Waals surface area contributed by atoms with Gasteiger partial charge in [0, 0.05) is 25.0 Å². The van der Waals surface area contributed by atoms with Crippen LogP contribution in [0.4, 0.5) is 0 Å². The molecule has 1 N–H and O–H groups in total. The average molecular weight is 394 g/mol. The van der Waals surface area contributed by atoms with Crippen LogP contribution in [0.15, 0.2) is 10.5 Å². The zero-order chi connectivity index (χ0) is 21.3. The highest BCUT2D eigenvalue weighted by Crippen LogP contribution is 2.17. The third-order valence-electron chi connectivity index (χ3n) is 5.15. The second kappa shape index (κ2) is 11.9. The molecule has 0 aliphatic heterocycles. The molecular formula is C22H39N3O3. The highest BCUT2D eigenvalue weighted by atomic mass is 16.3. The van der Waals surface area contributed by atoms with Gasteiger partial charge in [0.05, 0.1) is 5.56 Å². The summed E-state index contributed by atoms with van der Waals surface area (Å²) in [6, 6.07) is 1.93. The summed E-state index contributed by atoms with van der Waals surface area (Å²) in [5, 5.41) is 3.06. The first-order valence-electron chi connectivity index (χ1n) is 10.6. The summed E-state index contributed by atoms with van der Waals surface area (Å²) < 4.78 is 5.48. The van der Waals surface area contributed by atoms with Gasteiger partial charge in [-0.15, -0.1) is 0 Å². The summed E-state index contributed by atoms with van der Waals surface area (Å²) in [7, 11) is 0. The van der Waals surface area contributed by atoms with E-state index in [0.717, 1.165) is 38.2 Å². The first-order chi connectivity index (χ1) is 13.2. The molecular weight excluding hydrogens is 354 g/mol. The molecule has 0 fully saturated rings. The molecule has 0 aliphatic carbocycles. The summed E-state index contributed by atoms with van der Waals surface area (Å²) in [5.74, 6) is 1.26. The SMILES string of the molecule is CCN(CC)CCCC(C)NC(=O)CCN(C(=O)c1cc(C)oc1C)C(C)C. The van der Waals surface area contributed by atoms with Crippen molar-refractivity contribution < 1.29 is 14.0 Å². The molecule has 1 aromatic rings. The molecule has 6 nitrogen and oxygen atoms in total. The van der Waals surface area contributed by atoms with Crippen molar-refractivity contribution in [3.63, 3.8) is 0 Å². The summed E-state index contributed by atoms with van der Waals surface area (Å²) in [6.45, 7) is 17.5. The molecule has 28 heavy (non-hydrogen) atoms. The van der Waals surface area contributed by atoms with Crippen LogP contribution in [-0.4, -0.2) is 59.9 Å². The number of furan rings is 1. The van der Waals surface area contributed by atoms with Crippen LogP contribution in [0.3, 0.4) is 0 Å². The molecule has 0 saturated carbocycles. The van der Waals surface area contributed by atoms with Crippen molar-refractivity contribution in [2.24, 2.45) is 0 Å². The second-order valence-electron chi connectivity index (χ2n) is 7.81. The van der Waals surface area contributed by atoms with Gasteiger partial charge >= 0.3 is 0 Å². The standard InChI is InChI=1S/C22H39N3O3/c1-8-24(9-2)13-10-11-17(5)23-21(26)12-14-25(16(3)4)22(27)20-15-18(6)28-19(20)7/h15-17H,8-14H2,1-7H3,(H,23,26). The fraction of sp³-hybridized carbons (Fsp3) is 0.727. The number of aryl methyl sites for hydroxylation is 2. The molecule has 1 rings (SSSR count). The molecule has 2 amide bonds. The largest absolute Gasteiger partial charge is 0.466 e. The molecule has 6 heteroatoms. The van der Waals surface area contributed by atoms with Gasteiger partial charge in [-0.1, -0.05) is 13.8 Å². The molecule has 1 atom stereocenters. The normalized spacial score (nSPS) is 12.5. The van der Waals surface area contributed by atoms with Gasteiger partial charge in [0.15, 0.2) is 0 Å². The molecule has 0 saturated heterocycles. The van der Waals surface area contributed by atoms with Crippen LogP contribution in [-0.2, 0) is 4.79 Å². The van der Waals surface area contributed by atoms with E-state index in [0.29, 0.717) is 24.3 Å². The number of rotatable bonds is 12. The lowest BCUT2D eigenvalue weighted by Gasteiger charge is -2.26. The van der Waals surface area contributed by atoms with Crippen molar-refractivity contribution in [1.82, 2.24) is 15.1 Å². The van der Waals surface area contributed by atoms with E-state index < -0.39 is 0 Å². The highest BCUT2D eigenvalue weighted by molar-refractivity contribution is 5.95. The lowest BCUT2D eigenvalue weighted by atomic mass is 10.1. The van der Waals surface area contributed by atoms with Crippen molar-refractivity contribution >= 4 is 11.8 Å². The first kappa shape index (κ1) is 24.2. The number of hydrogen-bond acceptors (Lipinski definition) is 4. The lowest BCUT2D eigenvalue weighted by Crippen LogP contribution is -2.41. The molecule has 1 aromatic heterocycles. The van der Waals surface area contributed by atoms with Crippen LogP contribution in [0, 0.1) is 13.8 Å². The molecule has 0 bridgehead atoms. The van der Waals surface area contributed by atoms with Crippen LogP contribution in [0.5, 0.6) is 0 Å². The molecule has 160 valence electrons. The Balaban J connectivity index is 2.49. The molecule has 1 heterocycles. The van der Waals surface area contributed by atoms with Gasteiger partial charge in [-0.05, 0) is 73.2 Å². The third kappa shape index (κ3) is 7.66. The van der Waals surface area contributed by atoms with Crippen molar-refractivity contribution in [1.29, 1.82) is 0 Å². The van der Waals surface area contributed by atoms with E-state index in [1.807, 2.05) is 27.7 Å². The topological polar surface area (TPSA) is 65.8 Å². The third-order valence-corrected chi connectivity index (χ3v) is 5.15.